The molecule has 1 amide bonds. The van der Waals surface area contributed by atoms with Crippen molar-refractivity contribution >= 4 is 11.9 Å². The predicted octanol–water partition coefficient (Wildman–Crippen LogP) is 1.11. The average molecular weight is 252 g/mol. The first-order valence-electron chi connectivity index (χ1n) is 5.63. The molecular formula is C12H16N2O4. The standard InChI is InChI=1S/C12H16N2O4/c1-3-8(2)14(7-11(16)17)12(18)9-4-5-13-6-10(9)15/h4-6,8,15H,3,7H2,1-2H3,(H,16,17). The zero-order chi connectivity index (χ0) is 13.7. The number of aliphatic carboxylic acids is 1. The maximum Gasteiger partial charge on any atom is 0.323 e. The Kier molecular flexibility index (Phi) is 4.65. The van der Waals surface area contributed by atoms with E-state index in [1.807, 2.05) is 6.92 Å². The van der Waals surface area contributed by atoms with Crippen molar-refractivity contribution in [2.45, 2.75) is 26.3 Å². The van der Waals surface area contributed by atoms with Gasteiger partial charge in [0.1, 0.15) is 12.3 Å². The lowest BCUT2D eigenvalue weighted by Crippen LogP contribution is -2.41. The summed E-state index contributed by atoms with van der Waals surface area (Å²) in [6, 6.07) is 1.15. The van der Waals surface area contributed by atoms with Crippen molar-refractivity contribution in [1.82, 2.24) is 9.88 Å². The summed E-state index contributed by atoms with van der Waals surface area (Å²) in [6.45, 7) is 3.23. The van der Waals surface area contributed by atoms with E-state index in [9.17, 15) is 14.7 Å². The molecule has 0 aliphatic rings. The molecule has 0 saturated heterocycles. The third-order valence-electron chi connectivity index (χ3n) is 2.72. The lowest BCUT2D eigenvalue weighted by molar-refractivity contribution is -0.138. The van der Waals surface area contributed by atoms with Crippen molar-refractivity contribution in [1.29, 1.82) is 0 Å². The Labute approximate surface area is 105 Å². The molecule has 1 unspecified atom stereocenters. The van der Waals surface area contributed by atoms with Crippen molar-refractivity contribution in [2.24, 2.45) is 0 Å². The van der Waals surface area contributed by atoms with Crippen LogP contribution in [0.2, 0.25) is 0 Å². The van der Waals surface area contributed by atoms with Crippen LogP contribution in [-0.4, -0.2) is 44.6 Å². The molecule has 1 aromatic heterocycles. The van der Waals surface area contributed by atoms with Gasteiger partial charge in [0.15, 0.2) is 0 Å². The van der Waals surface area contributed by atoms with E-state index >= 15 is 0 Å². The fraction of sp³-hybridized carbons (Fsp3) is 0.417. The van der Waals surface area contributed by atoms with Gasteiger partial charge in [-0.05, 0) is 19.4 Å². The summed E-state index contributed by atoms with van der Waals surface area (Å²) in [5, 5.41) is 18.4. The molecule has 0 fully saturated rings. The molecule has 98 valence electrons. The number of rotatable bonds is 5. The first-order chi connectivity index (χ1) is 8.47. The normalized spacial score (nSPS) is 11.9. The monoisotopic (exact) mass is 252 g/mol. The Hall–Kier alpha value is -2.11. The molecule has 0 bridgehead atoms. The average Bonchev–Trinajstić information content (AvgIpc) is 2.34. The van der Waals surface area contributed by atoms with Gasteiger partial charge in [-0.3, -0.25) is 14.6 Å². The number of carboxylic acids is 1. The molecule has 2 N–H and O–H groups in total. The number of carbonyl (C=O) groups excluding carboxylic acids is 1. The largest absolute Gasteiger partial charge is 0.505 e. The number of nitrogens with zero attached hydrogens (tertiary/aromatic N) is 2. The van der Waals surface area contributed by atoms with Gasteiger partial charge in [-0.2, -0.15) is 0 Å². The van der Waals surface area contributed by atoms with Crippen molar-refractivity contribution in [3.63, 3.8) is 0 Å². The molecule has 1 heterocycles. The molecule has 6 nitrogen and oxygen atoms in total. The number of pyridine rings is 1. The van der Waals surface area contributed by atoms with Gasteiger partial charge in [-0.25, -0.2) is 0 Å². The second-order valence-electron chi connectivity index (χ2n) is 3.98. The Morgan fingerprint density at radius 1 is 1.50 bits per heavy atom. The van der Waals surface area contributed by atoms with Crippen molar-refractivity contribution in [3.8, 4) is 5.75 Å². The molecule has 0 aliphatic heterocycles. The van der Waals surface area contributed by atoms with E-state index in [-0.39, 0.29) is 17.4 Å². The first kappa shape index (κ1) is 14.0. The third-order valence-corrected chi connectivity index (χ3v) is 2.72. The van der Waals surface area contributed by atoms with E-state index < -0.39 is 18.4 Å². The number of hydrogen-bond donors (Lipinski definition) is 2. The van der Waals surface area contributed by atoms with Crippen molar-refractivity contribution in [3.05, 3.63) is 24.0 Å². The highest BCUT2D eigenvalue weighted by atomic mass is 16.4. The maximum atomic E-state index is 12.2. The molecule has 0 aliphatic carbocycles. The molecule has 1 rings (SSSR count). The van der Waals surface area contributed by atoms with Crippen molar-refractivity contribution in [2.75, 3.05) is 6.54 Å². The lowest BCUT2D eigenvalue weighted by atomic mass is 10.1. The zero-order valence-electron chi connectivity index (χ0n) is 10.3. The van der Waals surface area contributed by atoms with Gasteiger partial charge < -0.3 is 15.1 Å². The maximum absolute atomic E-state index is 12.2. The highest BCUT2D eigenvalue weighted by Gasteiger charge is 2.24. The highest BCUT2D eigenvalue weighted by molar-refractivity contribution is 5.98. The minimum absolute atomic E-state index is 0.0616. The second-order valence-corrected chi connectivity index (χ2v) is 3.98. The van der Waals surface area contributed by atoms with Crippen LogP contribution in [0, 0.1) is 0 Å². The number of amides is 1. The number of carboxylic acid groups (broad SMARTS) is 1. The summed E-state index contributed by atoms with van der Waals surface area (Å²) in [5.41, 5.74) is 0.0616. The van der Waals surface area contributed by atoms with Gasteiger partial charge in [-0.15, -0.1) is 0 Å². The van der Waals surface area contributed by atoms with Crippen LogP contribution >= 0.6 is 0 Å². The first-order valence-corrected chi connectivity index (χ1v) is 5.63. The molecule has 18 heavy (non-hydrogen) atoms. The minimum atomic E-state index is -1.09. The van der Waals surface area contributed by atoms with Crippen LogP contribution in [0.3, 0.4) is 0 Å². The second kappa shape index (κ2) is 6.00. The number of hydrogen-bond acceptors (Lipinski definition) is 4. The Balaban J connectivity index is 3.02. The topological polar surface area (TPSA) is 90.7 Å². The van der Waals surface area contributed by atoms with Crippen LogP contribution in [0.5, 0.6) is 5.75 Å². The van der Waals surface area contributed by atoms with E-state index in [1.165, 1.54) is 17.2 Å². The number of carbonyl (C=O) groups is 2. The van der Waals surface area contributed by atoms with Gasteiger partial charge >= 0.3 is 5.97 Å². The van der Waals surface area contributed by atoms with Crippen LogP contribution in [0.25, 0.3) is 0 Å². The molecule has 0 aromatic carbocycles. The Bertz CT molecular complexity index is 447. The van der Waals surface area contributed by atoms with Gasteiger partial charge in [0.05, 0.1) is 11.8 Å². The molecule has 1 aromatic rings. The summed E-state index contributed by atoms with van der Waals surface area (Å²) < 4.78 is 0. The Morgan fingerprint density at radius 2 is 2.17 bits per heavy atom. The Morgan fingerprint density at radius 3 is 2.67 bits per heavy atom. The quantitative estimate of drug-likeness (QED) is 0.819. The van der Waals surface area contributed by atoms with Gasteiger partial charge in [-0.1, -0.05) is 6.92 Å². The fourth-order valence-corrected chi connectivity index (χ4v) is 1.52. The van der Waals surface area contributed by atoms with Gasteiger partial charge in [0.25, 0.3) is 5.91 Å². The number of aromatic hydroxyl groups is 1. The van der Waals surface area contributed by atoms with E-state index in [2.05, 4.69) is 4.98 Å². The zero-order valence-corrected chi connectivity index (χ0v) is 10.3. The van der Waals surface area contributed by atoms with Gasteiger partial charge in [0.2, 0.25) is 0 Å². The third kappa shape index (κ3) is 3.19. The summed E-state index contributed by atoms with van der Waals surface area (Å²) in [6.07, 6.45) is 3.16. The van der Waals surface area contributed by atoms with Crippen LogP contribution in [0.4, 0.5) is 0 Å². The highest BCUT2D eigenvalue weighted by Crippen LogP contribution is 2.18. The lowest BCUT2D eigenvalue weighted by Gasteiger charge is -2.27. The predicted molar refractivity (Wildman–Crippen MR) is 64.3 cm³/mol. The number of aromatic nitrogens is 1. The summed E-state index contributed by atoms with van der Waals surface area (Å²) in [4.78, 5) is 27.9. The molecule has 0 saturated carbocycles. The van der Waals surface area contributed by atoms with Crippen LogP contribution in [0.1, 0.15) is 30.6 Å². The van der Waals surface area contributed by atoms with E-state index in [4.69, 9.17) is 5.11 Å². The minimum Gasteiger partial charge on any atom is -0.505 e. The van der Waals surface area contributed by atoms with Crippen molar-refractivity contribution < 1.29 is 19.8 Å². The fourth-order valence-electron chi connectivity index (χ4n) is 1.52. The van der Waals surface area contributed by atoms with E-state index in [0.29, 0.717) is 6.42 Å². The molecule has 1 atom stereocenters. The molecular weight excluding hydrogens is 236 g/mol. The molecule has 0 spiro atoms. The van der Waals surface area contributed by atoms with Crippen LogP contribution in [-0.2, 0) is 4.79 Å². The van der Waals surface area contributed by atoms with Gasteiger partial charge in [0, 0.05) is 12.2 Å². The molecule has 6 heteroatoms. The van der Waals surface area contributed by atoms with Crippen LogP contribution < -0.4 is 0 Å². The SMILES string of the molecule is CCC(C)N(CC(=O)O)C(=O)c1ccncc1O. The summed E-state index contributed by atoms with van der Waals surface area (Å²) in [7, 11) is 0. The summed E-state index contributed by atoms with van der Waals surface area (Å²) >= 11 is 0. The summed E-state index contributed by atoms with van der Waals surface area (Å²) in [5.74, 6) is -1.84. The van der Waals surface area contributed by atoms with E-state index in [0.717, 1.165) is 6.20 Å². The van der Waals surface area contributed by atoms with Crippen LogP contribution in [0.15, 0.2) is 18.5 Å². The molecule has 0 radical (unpaired) electrons. The van der Waals surface area contributed by atoms with E-state index in [1.54, 1.807) is 6.92 Å². The smallest absolute Gasteiger partial charge is 0.323 e.